The molecule has 108 valence electrons. The third kappa shape index (κ3) is 3.25. The van der Waals surface area contributed by atoms with Gasteiger partial charge in [-0.1, -0.05) is 22.0 Å². The number of nitrogens with zero attached hydrogens (tertiary/aromatic N) is 1. The van der Waals surface area contributed by atoms with E-state index in [1.165, 1.54) is 35.3 Å². The monoisotopic (exact) mass is 368 g/mol. The zero-order chi connectivity index (χ0) is 15.6. The molecule has 2 rings (SSSR count). The van der Waals surface area contributed by atoms with E-state index in [1.807, 2.05) is 0 Å². The Labute approximate surface area is 134 Å². The fraction of sp³-hybridized carbons (Fsp3) is 0.0714. The predicted molar refractivity (Wildman–Crippen MR) is 84.7 cm³/mol. The van der Waals surface area contributed by atoms with E-state index in [4.69, 9.17) is 12.2 Å². The van der Waals surface area contributed by atoms with Gasteiger partial charge in [-0.15, -0.1) is 6.58 Å². The maximum Gasteiger partial charge on any atom is 0.265 e. The highest BCUT2D eigenvalue weighted by atomic mass is 79.9. The Morgan fingerprint density at radius 2 is 2.14 bits per heavy atom. The molecule has 1 aromatic carbocycles. The molecule has 1 N–H and O–H groups in total. The van der Waals surface area contributed by atoms with E-state index in [2.05, 4.69) is 27.8 Å². The molecule has 1 saturated heterocycles. The van der Waals surface area contributed by atoms with Gasteiger partial charge in [-0.25, -0.2) is 4.39 Å². The number of nitrogens with one attached hydrogen (secondary N) is 1. The van der Waals surface area contributed by atoms with Gasteiger partial charge in [0.25, 0.3) is 11.8 Å². The van der Waals surface area contributed by atoms with Gasteiger partial charge in [0.15, 0.2) is 5.11 Å². The topological polar surface area (TPSA) is 49.4 Å². The summed E-state index contributed by atoms with van der Waals surface area (Å²) in [5.41, 5.74) is -0.0447. The lowest BCUT2D eigenvalue weighted by molar-refractivity contribution is -0.128. The summed E-state index contributed by atoms with van der Waals surface area (Å²) in [5.74, 6) is -1.76. The van der Waals surface area contributed by atoms with Crippen LogP contribution in [-0.4, -0.2) is 28.4 Å². The Hall–Kier alpha value is -1.86. The molecule has 0 unspecified atom stereocenters. The smallest absolute Gasteiger partial charge is 0.265 e. The van der Waals surface area contributed by atoms with E-state index in [-0.39, 0.29) is 22.8 Å². The molecular weight excluding hydrogens is 359 g/mol. The van der Waals surface area contributed by atoms with E-state index in [0.717, 1.165) is 0 Å². The molecule has 7 heteroatoms. The third-order valence-electron chi connectivity index (χ3n) is 2.76. The second-order valence-electron chi connectivity index (χ2n) is 4.19. The van der Waals surface area contributed by atoms with Gasteiger partial charge in [-0.2, -0.15) is 0 Å². The van der Waals surface area contributed by atoms with Crippen LogP contribution in [0.1, 0.15) is 5.56 Å². The van der Waals surface area contributed by atoms with Gasteiger partial charge in [0, 0.05) is 16.6 Å². The van der Waals surface area contributed by atoms with Crippen molar-refractivity contribution in [2.24, 2.45) is 0 Å². The molecule has 1 heterocycles. The van der Waals surface area contributed by atoms with Crippen LogP contribution in [0, 0.1) is 5.82 Å². The normalized spacial score (nSPS) is 17.1. The zero-order valence-electron chi connectivity index (χ0n) is 10.7. The Morgan fingerprint density at radius 3 is 2.81 bits per heavy atom. The van der Waals surface area contributed by atoms with Gasteiger partial charge >= 0.3 is 0 Å². The molecule has 0 spiro atoms. The van der Waals surface area contributed by atoms with Crippen molar-refractivity contribution < 1.29 is 14.0 Å². The molecule has 0 atom stereocenters. The SMILES string of the molecule is C=CCN1C(=O)C(=Cc2cc(Br)ccc2F)C(=O)NC1=S. The van der Waals surface area contributed by atoms with Gasteiger partial charge in [0.05, 0.1) is 0 Å². The predicted octanol–water partition coefficient (Wildman–Crippen LogP) is 2.40. The van der Waals surface area contributed by atoms with Crippen LogP contribution in [-0.2, 0) is 9.59 Å². The molecular formula is C14H10BrFN2O2S. The maximum atomic E-state index is 13.7. The summed E-state index contributed by atoms with van der Waals surface area (Å²) in [6, 6.07) is 4.25. The van der Waals surface area contributed by atoms with E-state index in [0.29, 0.717) is 4.47 Å². The first-order valence-electron chi connectivity index (χ1n) is 5.89. The summed E-state index contributed by atoms with van der Waals surface area (Å²) >= 11 is 8.14. The van der Waals surface area contributed by atoms with Crippen molar-refractivity contribution in [3.05, 3.63) is 52.3 Å². The highest BCUT2D eigenvalue weighted by Crippen LogP contribution is 2.20. The first-order valence-corrected chi connectivity index (χ1v) is 7.09. The van der Waals surface area contributed by atoms with Crippen molar-refractivity contribution in [3.63, 3.8) is 0 Å². The minimum absolute atomic E-state index is 0.0109. The average Bonchev–Trinajstić information content (AvgIpc) is 2.43. The summed E-state index contributed by atoms with van der Waals surface area (Å²) < 4.78 is 14.4. The fourth-order valence-electron chi connectivity index (χ4n) is 1.77. The molecule has 1 fully saturated rings. The highest BCUT2D eigenvalue weighted by molar-refractivity contribution is 9.10. The van der Waals surface area contributed by atoms with Crippen LogP contribution >= 0.6 is 28.1 Å². The van der Waals surface area contributed by atoms with Gasteiger partial charge in [-0.05, 0) is 36.5 Å². The van der Waals surface area contributed by atoms with Crippen molar-refractivity contribution in [2.75, 3.05) is 6.54 Å². The molecule has 0 bridgehead atoms. The largest absolute Gasteiger partial charge is 0.298 e. The van der Waals surface area contributed by atoms with Gasteiger partial charge in [0.2, 0.25) is 0 Å². The number of hydrogen-bond donors (Lipinski definition) is 1. The number of amides is 2. The lowest BCUT2D eigenvalue weighted by atomic mass is 10.1. The Morgan fingerprint density at radius 1 is 1.43 bits per heavy atom. The Bertz CT molecular complexity index is 688. The minimum atomic E-state index is -0.648. The van der Waals surface area contributed by atoms with Crippen molar-refractivity contribution in [2.45, 2.75) is 0 Å². The van der Waals surface area contributed by atoms with Crippen LogP contribution in [0.3, 0.4) is 0 Å². The van der Waals surface area contributed by atoms with Crippen LogP contribution in [0.25, 0.3) is 6.08 Å². The van der Waals surface area contributed by atoms with Crippen molar-refractivity contribution in [1.82, 2.24) is 10.2 Å². The van der Waals surface area contributed by atoms with E-state index in [1.54, 1.807) is 0 Å². The first-order chi connectivity index (χ1) is 9.93. The van der Waals surface area contributed by atoms with Crippen LogP contribution in [0.4, 0.5) is 4.39 Å². The van der Waals surface area contributed by atoms with Gasteiger partial charge in [0.1, 0.15) is 11.4 Å². The van der Waals surface area contributed by atoms with Crippen molar-refractivity contribution in [1.29, 1.82) is 0 Å². The standard InChI is InChI=1S/C14H10BrFN2O2S/c1-2-5-18-13(20)10(12(19)17-14(18)21)7-8-6-9(15)3-4-11(8)16/h2-4,6-7H,1,5H2,(H,17,19,21). The number of hydrogen-bond acceptors (Lipinski definition) is 3. The maximum absolute atomic E-state index is 13.7. The number of benzene rings is 1. The molecule has 0 aliphatic carbocycles. The number of rotatable bonds is 3. The first kappa shape index (κ1) is 15.5. The lowest BCUT2D eigenvalue weighted by Crippen LogP contribution is -2.53. The molecule has 2 amide bonds. The number of carbonyl (C=O) groups excluding carboxylic acids is 2. The second kappa shape index (κ2) is 6.28. The highest BCUT2D eigenvalue weighted by Gasteiger charge is 2.32. The van der Waals surface area contributed by atoms with Crippen LogP contribution in [0.2, 0.25) is 0 Å². The molecule has 0 aromatic heterocycles. The van der Waals surface area contributed by atoms with E-state index < -0.39 is 17.6 Å². The minimum Gasteiger partial charge on any atom is -0.298 e. The number of carbonyl (C=O) groups is 2. The molecule has 0 radical (unpaired) electrons. The average molecular weight is 369 g/mol. The van der Waals surface area contributed by atoms with Crippen LogP contribution in [0.15, 0.2) is 40.9 Å². The molecule has 0 saturated carbocycles. The van der Waals surface area contributed by atoms with Gasteiger partial charge in [-0.3, -0.25) is 19.8 Å². The molecule has 1 aromatic rings. The third-order valence-corrected chi connectivity index (χ3v) is 3.57. The van der Waals surface area contributed by atoms with E-state index >= 15 is 0 Å². The van der Waals surface area contributed by atoms with Crippen LogP contribution < -0.4 is 5.32 Å². The summed E-state index contributed by atoms with van der Waals surface area (Å²) in [6.07, 6.45) is 2.69. The molecule has 4 nitrogen and oxygen atoms in total. The number of halogens is 2. The summed E-state index contributed by atoms with van der Waals surface area (Å²) in [4.78, 5) is 25.3. The zero-order valence-corrected chi connectivity index (χ0v) is 13.1. The summed E-state index contributed by atoms with van der Waals surface area (Å²) in [5, 5.41) is 2.41. The Kier molecular flexibility index (Phi) is 4.64. The molecule has 1 aliphatic heterocycles. The summed E-state index contributed by atoms with van der Waals surface area (Å²) in [6.45, 7) is 3.69. The lowest BCUT2D eigenvalue weighted by Gasteiger charge is -2.27. The fourth-order valence-corrected chi connectivity index (χ4v) is 2.40. The second-order valence-corrected chi connectivity index (χ2v) is 5.49. The molecule has 1 aliphatic rings. The number of thiocarbonyl (C=S) groups is 1. The van der Waals surface area contributed by atoms with Gasteiger partial charge < -0.3 is 0 Å². The quantitative estimate of drug-likeness (QED) is 0.385. The molecule has 21 heavy (non-hydrogen) atoms. The van der Waals surface area contributed by atoms with Crippen molar-refractivity contribution >= 4 is 51.2 Å². The van der Waals surface area contributed by atoms with Crippen LogP contribution in [0.5, 0.6) is 0 Å². The van der Waals surface area contributed by atoms with E-state index in [9.17, 15) is 14.0 Å². The van der Waals surface area contributed by atoms with Crippen molar-refractivity contribution in [3.8, 4) is 0 Å². The summed E-state index contributed by atoms with van der Waals surface area (Å²) in [7, 11) is 0. The Balaban J connectivity index is 2.45.